The van der Waals surface area contributed by atoms with Crippen LogP contribution in [0.5, 0.6) is 11.5 Å². The topological polar surface area (TPSA) is 79.5 Å². The Morgan fingerprint density at radius 2 is 1.79 bits per heavy atom. The van der Waals surface area contributed by atoms with Gasteiger partial charge in [0.25, 0.3) is 0 Å². The number of nitrogens with zero attached hydrogens (tertiary/aromatic N) is 2. The first-order valence-corrected chi connectivity index (χ1v) is 12.2. The summed E-state index contributed by atoms with van der Waals surface area (Å²) in [5, 5.41) is 0.137. The molecule has 0 aliphatic rings. The summed E-state index contributed by atoms with van der Waals surface area (Å²) in [6.07, 6.45) is -3.69. The molecule has 3 rings (SSSR count). The second-order valence-electron chi connectivity index (χ2n) is 7.44. The van der Waals surface area contributed by atoms with E-state index < -0.39 is 40.0 Å². The predicted molar refractivity (Wildman–Crippen MR) is 119 cm³/mol. The van der Waals surface area contributed by atoms with E-state index in [9.17, 15) is 26.4 Å². The van der Waals surface area contributed by atoms with Crippen LogP contribution in [0.3, 0.4) is 0 Å². The fraction of sp³-hybridized carbons (Fsp3) is 0.381. The summed E-state index contributed by atoms with van der Waals surface area (Å²) in [5.41, 5.74) is -0.585. The average Bonchev–Trinajstić information content (AvgIpc) is 2.95. The van der Waals surface area contributed by atoms with Crippen molar-refractivity contribution in [2.45, 2.75) is 25.7 Å². The molecule has 0 aliphatic heterocycles. The molecule has 2 aromatic carbocycles. The fourth-order valence-corrected chi connectivity index (χ4v) is 4.74. The Kier molecular flexibility index (Phi) is 7.04. The summed E-state index contributed by atoms with van der Waals surface area (Å²) in [4.78, 5) is 13.2. The molecule has 1 heterocycles. The number of methoxy groups -OCH3 is 1. The van der Waals surface area contributed by atoms with Gasteiger partial charge in [0, 0.05) is 11.3 Å². The number of halogens is 4. The van der Waals surface area contributed by atoms with E-state index in [1.807, 2.05) is 0 Å². The molecular formula is C21H22ClF3N2O5S. The van der Waals surface area contributed by atoms with Crippen molar-refractivity contribution in [2.75, 3.05) is 25.7 Å². The number of imidazole rings is 1. The van der Waals surface area contributed by atoms with Crippen LogP contribution < -0.4 is 15.2 Å². The van der Waals surface area contributed by atoms with Gasteiger partial charge in [-0.2, -0.15) is 13.2 Å². The maximum atomic E-state index is 13.2. The highest BCUT2D eigenvalue weighted by molar-refractivity contribution is 7.90. The van der Waals surface area contributed by atoms with E-state index in [4.69, 9.17) is 21.1 Å². The Hall–Kier alpha value is -2.66. The number of benzene rings is 2. The molecule has 1 aromatic heterocycles. The van der Waals surface area contributed by atoms with E-state index in [1.54, 1.807) is 19.1 Å². The Morgan fingerprint density at radius 3 is 2.36 bits per heavy atom. The van der Waals surface area contributed by atoms with Crippen LogP contribution in [0.15, 0.2) is 41.2 Å². The van der Waals surface area contributed by atoms with Crippen LogP contribution in [-0.4, -0.2) is 49.5 Å². The van der Waals surface area contributed by atoms with Gasteiger partial charge in [0.2, 0.25) is 0 Å². The lowest BCUT2D eigenvalue weighted by Crippen LogP contribution is -2.34. The monoisotopic (exact) mass is 506 g/mol. The minimum Gasteiger partial charge on any atom is -0.493 e. The molecular weight excluding hydrogens is 485 g/mol. The first-order chi connectivity index (χ1) is 15.3. The van der Waals surface area contributed by atoms with E-state index in [0.717, 1.165) is 10.8 Å². The van der Waals surface area contributed by atoms with Crippen molar-refractivity contribution in [1.29, 1.82) is 0 Å². The van der Waals surface area contributed by atoms with Gasteiger partial charge in [-0.05, 0) is 42.8 Å². The quantitative estimate of drug-likeness (QED) is 0.460. The Balaban J connectivity index is 2.33. The van der Waals surface area contributed by atoms with E-state index in [2.05, 4.69) is 0 Å². The molecule has 0 N–H and O–H groups in total. The van der Waals surface area contributed by atoms with Crippen LogP contribution in [0.1, 0.15) is 18.5 Å². The van der Waals surface area contributed by atoms with Crippen LogP contribution in [-0.2, 0) is 16.4 Å². The van der Waals surface area contributed by atoms with Crippen molar-refractivity contribution in [2.24, 2.45) is 0 Å². The van der Waals surface area contributed by atoms with Crippen LogP contribution in [0.2, 0.25) is 5.02 Å². The van der Waals surface area contributed by atoms with Gasteiger partial charge in [-0.25, -0.2) is 13.2 Å². The highest BCUT2D eigenvalue weighted by Crippen LogP contribution is 2.34. The SMILES string of the molecule is CCOc1cc([C@H](CS(C)(=O)=O)n2c(=O)n(CC(F)(F)F)c3cc(Cl)ccc32)ccc1OC. The molecule has 0 saturated carbocycles. The van der Waals surface area contributed by atoms with E-state index in [1.165, 1.54) is 31.4 Å². The lowest BCUT2D eigenvalue weighted by Gasteiger charge is -2.20. The second kappa shape index (κ2) is 9.30. The number of hydrogen-bond donors (Lipinski definition) is 0. The van der Waals surface area contributed by atoms with E-state index in [0.29, 0.717) is 28.2 Å². The van der Waals surface area contributed by atoms with Crippen LogP contribution >= 0.6 is 11.6 Å². The first-order valence-electron chi connectivity index (χ1n) is 9.80. The van der Waals surface area contributed by atoms with Crippen LogP contribution in [0.25, 0.3) is 11.0 Å². The van der Waals surface area contributed by atoms with Crippen molar-refractivity contribution in [3.63, 3.8) is 0 Å². The first kappa shape index (κ1) is 25.0. The number of rotatable bonds is 8. The van der Waals surface area contributed by atoms with Gasteiger partial charge in [-0.15, -0.1) is 0 Å². The maximum absolute atomic E-state index is 13.2. The van der Waals surface area contributed by atoms with E-state index in [-0.39, 0.29) is 16.1 Å². The lowest BCUT2D eigenvalue weighted by atomic mass is 10.1. The highest BCUT2D eigenvalue weighted by Gasteiger charge is 2.33. The molecule has 0 aliphatic carbocycles. The summed E-state index contributed by atoms with van der Waals surface area (Å²) >= 11 is 5.98. The van der Waals surface area contributed by atoms with Crippen molar-refractivity contribution in [3.8, 4) is 11.5 Å². The molecule has 7 nitrogen and oxygen atoms in total. The third-order valence-electron chi connectivity index (χ3n) is 4.91. The van der Waals surface area contributed by atoms with Crippen molar-refractivity contribution < 1.29 is 31.1 Å². The van der Waals surface area contributed by atoms with Crippen molar-refractivity contribution in [3.05, 3.63) is 57.5 Å². The Labute approximate surface area is 193 Å². The van der Waals surface area contributed by atoms with Crippen molar-refractivity contribution in [1.82, 2.24) is 9.13 Å². The zero-order valence-electron chi connectivity index (χ0n) is 18.0. The van der Waals surface area contributed by atoms with Gasteiger partial charge in [0.1, 0.15) is 16.4 Å². The molecule has 0 spiro atoms. The molecule has 0 saturated heterocycles. The number of alkyl halides is 3. The summed E-state index contributed by atoms with van der Waals surface area (Å²) in [5.74, 6) is 0.168. The minimum absolute atomic E-state index is 0.0538. The molecule has 180 valence electrons. The van der Waals surface area contributed by atoms with Gasteiger partial charge in [-0.3, -0.25) is 9.13 Å². The normalized spacial score (nSPS) is 13.3. The number of sulfone groups is 1. The number of fused-ring (bicyclic) bond motifs is 1. The zero-order chi connectivity index (χ0) is 24.6. The molecule has 1 atom stereocenters. The average molecular weight is 507 g/mol. The molecule has 0 unspecified atom stereocenters. The van der Waals surface area contributed by atoms with Gasteiger partial charge in [0.15, 0.2) is 11.5 Å². The standard InChI is InChI=1S/C21H22ClF3N2O5S/c1-4-32-19-9-13(5-8-18(19)31-2)17(11-33(3,29)30)27-15-7-6-14(22)10-16(15)26(20(27)28)12-21(23,24)25/h5-10,17H,4,11-12H2,1-3H3/t17-/m0/s1. The Bertz CT molecular complexity index is 1330. The van der Waals surface area contributed by atoms with Gasteiger partial charge in [-0.1, -0.05) is 17.7 Å². The van der Waals surface area contributed by atoms with Gasteiger partial charge >= 0.3 is 11.9 Å². The number of hydrogen-bond acceptors (Lipinski definition) is 5. The fourth-order valence-electron chi connectivity index (χ4n) is 3.66. The maximum Gasteiger partial charge on any atom is 0.406 e. The molecule has 33 heavy (non-hydrogen) atoms. The summed E-state index contributed by atoms with van der Waals surface area (Å²) in [6.45, 7) is 0.493. The van der Waals surface area contributed by atoms with Crippen LogP contribution in [0, 0.1) is 0 Å². The van der Waals surface area contributed by atoms with Gasteiger partial charge < -0.3 is 9.47 Å². The molecule has 0 amide bonds. The molecule has 3 aromatic rings. The molecule has 12 heteroatoms. The molecule has 0 bridgehead atoms. The predicted octanol–water partition coefficient (Wildman–Crippen LogP) is 4.06. The summed E-state index contributed by atoms with van der Waals surface area (Å²) in [6, 6.07) is 7.56. The number of ether oxygens (including phenoxy) is 2. The molecule has 0 radical (unpaired) electrons. The third-order valence-corrected chi connectivity index (χ3v) is 6.06. The van der Waals surface area contributed by atoms with Crippen LogP contribution in [0.4, 0.5) is 13.2 Å². The summed E-state index contributed by atoms with van der Waals surface area (Å²) < 4.78 is 76.7. The number of aromatic nitrogens is 2. The summed E-state index contributed by atoms with van der Waals surface area (Å²) in [7, 11) is -2.23. The zero-order valence-corrected chi connectivity index (χ0v) is 19.6. The lowest BCUT2D eigenvalue weighted by molar-refractivity contribution is -0.140. The van der Waals surface area contributed by atoms with E-state index >= 15 is 0 Å². The van der Waals surface area contributed by atoms with Gasteiger partial charge in [0.05, 0.1) is 36.5 Å². The second-order valence-corrected chi connectivity index (χ2v) is 10.1. The minimum atomic E-state index is -4.68. The largest absolute Gasteiger partial charge is 0.493 e. The highest BCUT2D eigenvalue weighted by atomic mass is 35.5. The third kappa shape index (κ3) is 5.64. The smallest absolute Gasteiger partial charge is 0.406 e. The Morgan fingerprint density at radius 1 is 1.09 bits per heavy atom. The van der Waals surface area contributed by atoms with Crippen molar-refractivity contribution >= 4 is 32.5 Å². The molecule has 0 fully saturated rings.